The lowest BCUT2D eigenvalue weighted by molar-refractivity contribution is -0.158. The monoisotopic (exact) mass is 260 g/mol. The fourth-order valence-corrected chi connectivity index (χ4v) is 2.17. The summed E-state index contributed by atoms with van der Waals surface area (Å²) in [5.41, 5.74) is 3.78. The SMILES string of the molecule is NC(CCC(=O)O)(C(=O)O)N1CCCC1C(=O)O. The van der Waals surface area contributed by atoms with Crippen molar-refractivity contribution in [2.45, 2.75) is 37.4 Å². The Morgan fingerprint density at radius 3 is 2.33 bits per heavy atom. The molecule has 0 aromatic heterocycles. The van der Waals surface area contributed by atoms with Crippen LogP contribution in [0.5, 0.6) is 0 Å². The van der Waals surface area contributed by atoms with Gasteiger partial charge in [-0.1, -0.05) is 0 Å². The number of rotatable bonds is 6. The summed E-state index contributed by atoms with van der Waals surface area (Å²) in [6, 6.07) is -0.972. The molecule has 2 unspecified atom stereocenters. The van der Waals surface area contributed by atoms with Gasteiger partial charge in [-0.05, 0) is 12.8 Å². The van der Waals surface area contributed by atoms with Gasteiger partial charge in [0, 0.05) is 19.4 Å². The van der Waals surface area contributed by atoms with Gasteiger partial charge in [-0.3, -0.25) is 14.5 Å². The maximum atomic E-state index is 11.2. The Morgan fingerprint density at radius 1 is 1.28 bits per heavy atom. The Bertz CT molecular complexity index is 371. The number of nitrogens with zero attached hydrogens (tertiary/aromatic N) is 1. The highest BCUT2D eigenvalue weighted by Gasteiger charge is 2.48. The molecule has 0 saturated carbocycles. The van der Waals surface area contributed by atoms with Crippen LogP contribution in [0.2, 0.25) is 0 Å². The minimum Gasteiger partial charge on any atom is -0.481 e. The van der Waals surface area contributed by atoms with Gasteiger partial charge in [-0.2, -0.15) is 0 Å². The molecule has 0 aromatic rings. The molecule has 1 saturated heterocycles. The van der Waals surface area contributed by atoms with E-state index in [4.69, 9.17) is 21.1 Å². The molecule has 0 radical (unpaired) electrons. The van der Waals surface area contributed by atoms with Crippen molar-refractivity contribution in [2.75, 3.05) is 6.54 Å². The molecule has 0 bridgehead atoms. The van der Waals surface area contributed by atoms with E-state index in [1.165, 1.54) is 4.90 Å². The lowest BCUT2D eigenvalue weighted by atomic mass is 10.0. The van der Waals surface area contributed by atoms with Crippen molar-refractivity contribution < 1.29 is 29.7 Å². The molecule has 0 aromatic carbocycles. The standard InChI is InChI=1S/C10H16N2O6/c11-10(9(17)18,4-3-7(13)14)12-5-1-2-6(12)8(15)16/h6H,1-5,11H2,(H,13,14)(H,15,16)(H,17,18). The van der Waals surface area contributed by atoms with E-state index in [1.54, 1.807) is 0 Å². The normalized spacial score (nSPS) is 23.5. The Balaban J connectivity index is 2.92. The molecule has 102 valence electrons. The third-order valence-electron chi connectivity index (χ3n) is 3.14. The van der Waals surface area contributed by atoms with Crippen LogP contribution in [0.1, 0.15) is 25.7 Å². The first-order valence-electron chi connectivity index (χ1n) is 5.52. The quantitative estimate of drug-likeness (QED) is 0.483. The van der Waals surface area contributed by atoms with Crippen molar-refractivity contribution in [1.29, 1.82) is 0 Å². The van der Waals surface area contributed by atoms with E-state index < -0.39 is 36.0 Å². The van der Waals surface area contributed by atoms with Gasteiger partial charge >= 0.3 is 17.9 Å². The molecule has 1 heterocycles. The summed E-state index contributed by atoms with van der Waals surface area (Å²) < 4.78 is 0. The van der Waals surface area contributed by atoms with Gasteiger partial charge in [0.25, 0.3) is 0 Å². The Hall–Kier alpha value is -1.67. The van der Waals surface area contributed by atoms with Crippen LogP contribution >= 0.6 is 0 Å². The second-order valence-electron chi connectivity index (χ2n) is 4.31. The smallest absolute Gasteiger partial charge is 0.338 e. The summed E-state index contributed by atoms with van der Waals surface area (Å²) in [5.74, 6) is -3.71. The molecule has 0 amide bonds. The maximum Gasteiger partial charge on any atom is 0.338 e. The van der Waals surface area contributed by atoms with Crippen LogP contribution in [0.25, 0.3) is 0 Å². The number of carboxylic acid groups (broad SMARTS) is 3. The fourth-order valence-electron chi connectivity index (χ4n) is 2.17. The summed E-state index contributed by atoms with van der Waals surface area (Å²) in [6.45, 7) is 0.236. The molecular weight excluding hydrogens is 244 g/mol. The molecule has 0 spiro atoms. The van der Waals surface area contributed by atoms with E-state index in [-0.39, 0.29) is 13.0 Å². The number of carboxylic acids is 3. The zero-order chi connectivity index (χ0) is 13.9. The Morgan fingerprint density at radius 2 is 1.89 bits per heavy atom. The third-order valence-corrected chi connectivity index (χ3v) is 3.14. The highest BCUT2D eigenvalue weighted by Crippen LogP contribution is 2.27. The number of hydrogen-bond acceptors (Lipinski definition) is 5. The summed E-state index contributed by atoms with van der Waals surface area (Å²) in [7, 11) is 0. The second-order valence-corrected chi connectivity index (χ2v) is 4.31. The van der Waals surface area contributed by atoms with Gasteiger partial charge in [0.1, 0.15) is 6.04 Å². The average molecular weight is 260 g/mol. The van der Waals surface area contributed by atoms with Crippen LogP contribution < -0.4 is 5.73 Å². The first-order chi connectivity index (χ1) is 8.29. The van der Waals surface area contributed by atoms with Crippen LogP contribution in [0.15, 0.2) is 0 Å². The Kier molecular flexibility index (Phi) is 4.25. The van der Waals surface area contributed by atoms with Gasteiger partial charge in [0.05, 0.1) is 0 Å². The van der Waals surface area contributed by atoms with Crippen LogP contribution in [0.3, 0.4) is 0 Å². The molecule has 1 fully saturated rings. The molecule has 1 aliphatic rings. The number of carbonyl (C=O) groups is 3. The predicted molar refractivity (Wildman–Crippen MR) is 58.8 cm³/mol. The number of hydrogen-bond donors (Lipinski definition) is 4. The summed E-state index contributed by atoms with van der Waals surface area (Å²) >= 11 is 0. The van der Waals surface area contributed by atoms with Crippen LogP contribution in [-0.4, -0.2) is 56.4 Å². The van der Waals surface area contributed by atoms with Crippen molar-refractivity contribution >= 4 is 17.9 Å². The van der Waals surface area contributed by atoms with Crippen LogP contribution in [0.4, 0.5) is 0 Å². The van der Waals surface area contributed by atoms with Crippen molar-refractivity contribution in [3.8, 4) is 0 Å². The average Bonchev–Trinajstić information content (AvgIpc) is 2.74. The second kappa shape index (κ2) is 5.32. The van der Waals surface area contributed by atoms with Crippen molar-refractivity contribution in [3.63, 3.8) is 0 Å². The first-order valence-corrected chi connectivity index (χ1v) is 5.52. The summed E-state index contributed by atoms with van der Waals surface area (Å²) in [6.07, 6.45) is 0.0813. The largest absolute Gasteiger partial charge is 0.481 e. The van der Waals surface area contributed by atoms with E-state index in [1.807, 2.05) is 0 Å². The van der Waals surface area contributed by atoms with Crippen LogP contribution in [-0.2, 0) is 14.4 Å². The third kappa shape index (κ3) is 2.77. The number of likely N-dealkylation sites (tertiary alicyclic amines) is 1. The molecule has 8 nitrogen and oxygen atoms in total. The van der Waals surface area contributed by atoms with Gasteiger partial charge in [-0.15, -0.1) is 0 Å². The van der Waals surface area contributed by atoms with E-state index >= 15 is 0 Å². The van der Waals surface area contributed by atoms with Crippen LogP contribution in [0, 0.1) is 0 Å². The molecule has 0 aliphatic carbocycles. The van der Waals surface area contributed by atoms with E-state index in [0.717, 1.165) is 0 Å². The zero-order valence-electron chi connectivity index (χ0n) is 9.70. The zero-order valence-corrected chi connectivity index (χ0v) is 9.70. The minimum absolute atomic E-state index is 0.236. The van der Waals surface area contributed by atoms with Gasteiger partial charge in [-0.25, -0.2) is 4.79 Å². The lowest BCUT2D eigenvalue weighted by Gasteiger charge is -2.36. The van der Waals surface area contributed by atoms with Gasteiger partial charge in [0.15, 0.2) is 5.66 Å². The van der Waals surface area contributed by atoms with Gasteiger partial charge < -0.3 is 21.1 Å². The summed E-state index contributed by atoms with van der Waals surface area (Å²) in [4.78, 5) is 33.9. The van der Waals surface area contributed by atoms with Crippen molar-refractivity contribution in [1.82, 2.24) is 4.90 Å². The molecule has 2 atom stereocenters. The van der Waals surface area contributed by atoms with Crippen molar-refractivity contribution in [3.05, 3.63) is 0 Å². The first kappa shape index (κ1) is 14.4. The topological polar surface area (TPSA) is 141 Å². The molecule has 5 N–H and O–H groups in total. The van der Waals surface area contributed by atoms with E-state index in [2.05, 4.69) is 0 Å². The molecule has 18 heavy (non-hydrogen) atoms. The molecule has 1 aliphatic heterocycles. The van der Waals surface area contributed by atoms with Gasteiger partial charge in [0.2, 0.25) is 0 Å². The highest BCUT2D eigenvalue weighted by atomic mass is 16.4. The summed E-state index contributed by atoms with van der Waals surface area (Å²) in [5, 5.41) is 26.7. The highest BCUT2D eigenvalue weighted by molar-refractivity contribution is 5.81. The minimum atomic E-state index is -1.95. The number of nitrogens with two attached hydrogens (primary N) is 1. The molecular formula is C10H16N2O6. The fraction of sp³-hybridized carbons (Fsp3) is 0.700. The van der Waals surface area contributed by atoms with E-state index in [0.29, 0.717) is 12.8 Å². The lowest BCUT2D eigenvalue weighted by Crippen LogP contribution is -2.64. The predicted octanol–water partition coefficient (Wildman–Crippen LogP) is -0.860. The van der Waals surface area contributed by atoms with Crippen molar-refractivity contribution in [2.24, 2.45) is 5.73 Å². The Labute approximate surface area is 103 Å². The van der Waals surface area contributed by atoms with E-state index in [9.17, 15) is 14.4 Å². The number of aliphatic carboxylic acids is 3. The maximum absolute atomic E-state index is 11.2. The molecule has 8 heteroatoms. The molecule has 1 rings (SSSR count).